The zero-order chi connectivity index (χ0) is 7.56. The van der Waals surface area contributed by atoms with E-state index in [1.807, 2.05) is 0 Å². The molecule has 0 radical (unpaired) electrons. The summed E-state index contributed by atoms with van der Waals surface area (Å²) in [6.45, 7) is 2.91. The maximum absolute atomic E-state index is 10.7. The summed E-state index contributed by atoms with van der Waals surface area (Å²) < 4.78 is 0. The van der Waals surface area contributed by atoms with Gasteiger partial charge in [0.2, 0.25) is 11.8 Å². The third-order valence-electron chi connectivity index (χ3n) is 1.48. The van der Waals surface area contributed by atoms with Gasteiger partial charge in [0.25, 0.3) is 0 Å². The normalized spacial score (nSPS) is 16.8. The average molecular weight is 158 g/mol. The smallest absolute Gasteiger partial charge is 0.239 e. The molecule has 0 spiro atoms. The Hall–Kier alpha value is -1.06. The molecule has 0 bridgehead atoms. The minimum atomic E-state index is -0.0681. The zero-order valence-corrected chi connectivity index (χ0v) is 5.89. The zero-order valence-electron chi connectivity index (χ0n) is 5.89. The summed E-state index contributed by atoms with van der Waals surface area (Å²) in [5.74, 6) is -0.101. The van der Waals surface area contributed by atoms with E-state index in [4.69, 9.17) is 0 Å². The summed E-state index contributed by atoms with van der Waals surface area (Å²) >= 11 is 0. The molecule has 1 saturated heterocycles. The van der Waals surface area contributed by atoms with Crippen molar-refractivity contribution < 1.29 is 9.59 Å². The van der Waals surface area contributed by atoms with Crippen molar-refractivity contribution in [3.8, 4) is 0 Å². The molecule has 1 fully saturated rings. The van der Waals surface area contributed by atoms with Crippen LogP contribution in [0, 0.1) is 0 Å². The van der Waals surface area contributed by atoms with Crippen LogP contribution >= 0.6 is 0 Å². The van der Waals surface area contributed by atoms with Crippen LogP contribution in [-0.2, 0) is 9.59 Å². The molecule has 0 aromatic rings. The van der Waals surface area contributed by atoms with Crippen LogP contribution in [-0.4, -0.2) is 36.3 Å². The summed E-state index contributed by atoms with van der Waals surface area (Å²) in [4.78, 5) is 22.9. The molecule has 64 valence electrons. The van der Waals surface area contributed by atoms with Gasteiger partial charge in [0.05, 0.1) is 6.54 Å². The number of rotatable bonds is 0. The Bertz CT molecular complexity index is 166. The van der Waals surface area contributed by atoms with Crippen molar-refractivity contribution in [3.63, 3.8) is 0 Å². The number of nitrogens with zero attached hydrogens (tertiary/aromatic N) is 1. The van der Waals surface area contributed by atoms with Crippen LogP contribution in [0.1, 0.15) is 14.4 Å². The predicted octanol–water partition coefficient (Wildman–Crippen LogP) is -0.399. The monoisotopic (exact) mass is 158 g/mol. The number of carbonyl (C=O) groups excluding carboxylic acids is 2. The van der Waals surface area contributed by atoms with Gasteiger partial charge >= 0.3 is 0 Å². The molecule has 4 heteroatoms. The first-order valence-corrected chi connectivity index (χ1v) is 3.22. The first kappa shape index (κ1) is 9.94. The molecule has 11 heavy (non-hydrogen) atoms. The fraction of sp³-hybridized carbons (Fsp3) is 0.714. The molecule has 1 aliphatic rings. The van der Waals surface area contributed by atoms with Gasteiger partial charge in [-0.25, -0.2) is 0 Å². The largest absolute Gasteiger partial charge is 0.353 e. The molecule has 2 amide bonds. The Kier molecular flexibility index (Phi) is 3.57. The van der Waals surface area contributed by atoms with Crippen LogP contribution in [0.2, 0.25) is 0 Å². The van der Waals surface area contributed by atoms with Gasteiger partial charge in [-0.05, 0) is 0 Å². The maximum Gasteiger partial charge on any atom is 0.239 e. The second-order valence-electron chi connectivity index (χ2n) is 2.29. The number of carbonyl (C=O) groups is 2. The molecule has 4 nitrogen and oxygen atoms in total. The summed E-state index contributed by atoms with van der Waals surface area (Å²) in [5, 5.41) is 2.63. The molecule has 0 aromatic carbocycles. The number of piperazine rings is 1. The topological polar surface area (TPSA) is 49.4 Å². The van der Waals surface area contributed by atoms with Crippen LogP contribution in [0.3, 0.4) is 0 Å². The van der Waals surface area contributed by atoms with E-state index >= 15 is 0 Å². The quantitative estimate of drug-likeness (QED) is 0.521. The van der Waals surface area contributed by atoms with Crippen LogP contribution in [0.4, 0.5) is 0 Å². The van der Waals surface area contributed by atoms with Gasteiger partial charge in [-0.15, -0.1) is 0 Å². The lowest BCUT2D eigenvalue weighted by Crippen LogP contribution is -2.49. The van der Waals surface area contributed by atoms with Crippen molar-refractivity contribution in [1.82, 2.24) is 10.2 Å². The molecule has 0 atom stereocenters. The molecule has 1 aliphatic heterocycles. The molecule has 0 unspecified atom stereocenters. The van der Waals surface area contributed by atoms with E-state index in [1.165, 1.54) is 11.8 Å². The molecule has 1 N–H and O–H groups in total. The molecule has 0 saturated carbocycles. The number of amides is 2. The van der Waals surface area contributed by atoms with Gasteiger partial charge < -0.3 is 10.2 Å². The Morgan fingerprint density at radius 2 is 2.27 bits per heavy atom. The van der Waals surface area contributed by atoms with E-state index in [2.05, 4.69) is 5.32 Å². The third kappa shape index (κ3) is 2.57. The summed E-state index contributed by atoms with van der Waals surface area (Å²) in [6.07, 6.45) is 0. The van der Waals surface area contributed by atoms with Crippen LogP contribution in [0.25, 0.3) is 0 Å². The number of hydrogen-bond donors (Lipinski definition) is 1. The van der Waals surface area contributed by atoms with Crippen molar-refractivity contribution in [2.75, 3.05) is 19.6 Å². The minimum absolute atomic E-state index is 0. The molecule has 1 rings (SSSR count). The Morgan fingerprint density at radius 1 is 1.64 bits per heavy atom. The summed E-state index contributed by atoms with van der Waals surface area (Å²) in [7, 11) is 0. The van der Waals surface area contributed by atoms with E-state index in [0.29, 0.717) is 13.1 Å². The number of nitrogens with one attached hydrogen (secondary N) is 1. The van der Waals surface area contributed by atoms with E-state index in [-0.39, 0.29) is 25.8 Å². The van der Waals surface area contributed by atoms with Gasteiger partial charge in [-0.3, -0.25) is 9.59 Å². The van der Waals surface area contributed by atoms with E-state index in [0.717, 1.165) is 0 Å². The van der Waals surface area contributed by atoms with Gasteiger partial charge in [0.1, 0.15) is 0 Å². The van der Waals surface area contributed by atoms with Crippen LogP contribution < -0.4 is 5.32 Å². The fourth-order valence-electron chi connectivity index (χ4n) is 0.907. The minimum Gasteiger partial charge on any atom is -0.353 e. The highest BCUT2D eigenvalue weighted by Gasteiger charge is 2.17. The van der Waals surface area contributed by atoms with Gasteiger partial charge in [-0.2, -0.15) is 0 Å². The first-order valence-electron chi connectivity index (χ1n) is 3.22. The Morgan fingerprint density at radius 3 is 2.64 bits per heavy atom. The predicted molar refractivity (Wildman–Crippen MR) is 42.0 cm³/mol. The highest BCUT2D eigenvalue weighted by atomic mass is 16.2. The van der Waals surface area contributed by atoms with Crippen molar-refractivity contribution in [3.05, 3.63) is 0 Å². The summed E-state index contributed by atoms with van der Waals surface area (Å²) in [6, 6.07) is 0. The standard InChI is InChI=1S/C6H10N2O2.CH4/c1-5(9)8-3-2-7-6(10)4-8;/h2-4H2,1H3,(H,7,10);1H4. The second kappa shape index (κ2) is 3.95. The SMILES string of the molecule is C.CC(=O)N1CCNC(=O)C1. The average Bonchev–Trinajstić information content (AvgIpc) is 1.88. The molecule has 0 aliphatic carbocycles. The Labute approximate surface area is 66.6 Å². The molecule has 1 heterocycles. The van der Waals surface area contributed by atoms with Crippen LogP contribution in [0.15, 0.2) is 0 Å². The summed E-state index contributed by atoms with van der Waals surface area (Å²) in [5.41, 5.74) is 0. The van der Waals surface area contributed by atoms with Gasteiger partial charge in [0.15, 0.2) is 0 Å². The molecular formula is C7H14N2O2. The highest BCUT2D eigenvalue weighted by Crippen LogP contribution is 1.92. The number of hydrogen-bond acceptors (Lipinski definition) is 2. The lowest BCUT2D eigenvalue weighted by atomic mass is 10.3. The third-order valence-corrected chi connectivity index (χ3v) is 1.48. The van der Waals surface area contributed by atoms with Gasteiger partial charge in [-0.1, -0.05) is 7.43 Å². The Balaban J connectivity index is 0.000001000. The van der Waals surface area contributed by atoms with Gasteiger partial charge in [0, 0.05) is 20.0 Å². The first-order chi connectivity index (χ1) is 4.70. The maximum atomic E-state index is 10.7. The molecular weight excluding hydrogens is 144 g/mol. The van der Waals surface area contributed by atoms with Crippen molar-refractivity contribution in [2.45, 2.75) is 14.4 Å². The molecule has 0 aromatic heterocycles. The van der Waals surface area contributed by atoms with E-state index < -0.39 is 0 Å². The van der Waals surface area contributed by atoms with Crippen molar-refractivity contribution in [2.24, 2.45) is 0 Å². The van der Waals surface area contributed by atoms with Crippen molar-refractivity contribution >= 4 is 11.8 Å². The van der Waals surface area contributed by atoms with E-state index in [9.17, 15) is 9.59 Å². The highest BCUT2D eigenvalue weighted by molar-refractivity contribution is 5.84. The fourth-order valence-corrected chi connectivity index (χ4v) is 0.907. The van der Waals surface area contributed by atoms with Crippen LogP contribution in [0.5, 0.6) is 0 Å². The van der Waals surface area contributed by atoms with Crippen molar-refractivity contribution in [1.29, 1.82) is 0 Å². The van der Waals surface area contributed by atoms with E-state index in [1.54, 1.807) is 0 Å². The second-order valence-corrected chi connectivity index (χ2v) is 2.29. The lowest BCUT2D eigenvalue weighted by Gasteiger charge is -2.25. The lowest BCUT2D eigenvalue weighted by molar-refractivity contribution is -0.136.